The third-order valence-corrected chi connectivity index (χ3v) is 3.09. The monoisotopic (exact) mass is 255 g/mol. The number of aromatic nitrogens is 2. The summed E-state index contributed by atoms with van der Waals surface area (Å²) in [6.07, 6.45) is 0. The molecule has 0 aliphatic carbocycles. The van der Waals surface area contributed by atoms with E-state index in [9.17, 15) is 0 Å². The molecule has 1 aromatic heterocycles. The maximum absolute atomic E-state index is 4.46. The highest BCUT2D eigenvalue weighted by molar-refractivity contribution is 5.34. The second-order valence-corrected chi connectivity index (χ2v) is 5.25. The van der Waals surface area contributed by atoms with Crippen LogP contribution in [0, 0.1) is 19.8 Å². The van der Waals surface area contributed by atoms with Gasteiger partial charge in [-0.05, 0) is 31.4 Å². The van der Waals surface area contributed by atoms with Crippen molar-refractivity contribution in [2.24, 2.45) is 5.92 Å². The third kappa shape index (κ3) is 3.53. The zero-order valence-corrected chi connectivity index (χ0v) is 12.0. The molecule has 2 aromatic rings. The van der Waals surface area contributed by atoms with Crippen molar-refractivity contribution < 1.29 is 0 Å². The van der Waals surface area contributed by atoms with Gasteiger partial charge in [-0.3, -0.25) is 0 Å². The van der Waals surface area contributed by atoms with E-state index in [0.29, 0.717) is 11.9 Å². The Morgan fingerprint density at radius 1 is 0.947 bits per heavy atom. The molecule has 0 bridgehead atoms. The summed E-state index contributed by atoms with van der Waals surface area (Å²) in [6.45, 7) is 8.39. The van der Waals surface area contributed by atoms with Crippen molar-refractivity contribution in [3.05, 3.63) is 53.3 Å². The molecule has 0 spiro atoms. The standard InChI is InChI=1S/C16H21N3/c1-11(2)15(14-8-6-5-7-9-14)19-16-17-12(3)10-13(4)18-16/h5-11,15H,1-4H3,(H,17,18,19). The van der Waals surface area contributed by atoms with Crippen LogP contribution < -0.4 is 5.32 Å². The highest BCUT2D eigenvalue weighted by Crippen LogP contribution is 2.25. The Morgan fingerprint density at radius 2 is 1.53 bits per heavy atom. The van der Waals surface area contributed by atoms with Crippen LogP contribution in [0.5, 0.6) is 0 Å². The second kappa shape index (κ2) is 5.83. The molecule has 0 aliphatic heterocycles. The van der Waals surface area contributed by atoms with Gasteiger partial charge in [-0.2, -0.15) is 0 Å². The topological polar surface area (TPSA) is 37.8 Å². The van der Waals surface area contributed by atoms with Gasteiger partial charge in [0.05, 0.1) is 6.04 Å². The fourth-order valence-electron chi connectivity index (χ4n) is 2.22. The quantitative estimate of drug-likeness (QED) is 0.900. The van der Waals surface area contributed by atoms with Gasteiger partial charge in [0.15, 0.2) is 0 Å². The summed E-state index contributed by atoms with van der Waals surface area (Å²) in [5, 5.41) is 3.45. The van der Waals surface area contributed by atoms with E-state index in [1.165, 1.54) is 5.56 Å². The summed E-state index contributed by atoms with van der Waals surface area (Å²) < 4.78 is 0. The van der Waals surface area contributed by atoms with Crippen LogP contribution in [0.4, 0.5) is 5.95 Å². The lowest BCUT2D eigenvalue weighted by atomic mass is 9.96. The van der Waals surface area contributed by atoms with Gasteiger partial charge in [0.1, 0.15) is 0 Å². The van der Waals surface area contributed by atoms with Gasteiger partial charge in [-0.1, -0.05) is 44.2 Å². The van der Waals surface area contributed by atoms with Crippen LogP contribution in [-0.2, 0) is 0 Å². The molecule has 100 valence electrons. The minimum Gasteiger partial charge on any atom is -0.347 e. The Bertz CT molecular complexity index is 515. The van der Waals surface area contributed by atoms with E-state index >= 15 is 0 Å². The van der Waals surface area contributed by atoms with Crippen molar-refractivity contribution in [2.75, 3.05) is 5.32 Å². The van der Waals surface area contributed by atoms with Crippen molar-refractivity contribution in [2.45, 2.75) is 33.7 Å². The van der Waals surface area contributed by atoms with E-state index in [4.69, 9.17) is 0 Å². The van der Waals surface area contributed by atoms with E-state index < -0.39 is 0 Å². The molecule has 0 radical (unpaired) electrons. The van der Waals surface area contributed by atoms with Crippen LogP contribution in [-0.4, -0.2) is 9.97 Å². The maximum Gasteiger partial charge on any atom is 0.223 e. The molecule has 0 amide bonds. The van der Waals surface area contributed by atoms with Crippen LogP contribution in [0.3, 0.4) is 0 Å². The first kappa shape index (κ1) is 13.5. The van der Waals surface area contributed by atoms with Gasteiger partial charge in [-0.25, -0.2) is 9.97 Å². The molecular formula is C16H21N3. The van der Waals surface area contributed by atoms with Crippen LogP contribution in [0.2, 0.25) is 0 Å². The second-order valence-electron chi connectivity index (χ2n) is 5.25. The van der Waals surface area contributed by atoms with E-state index in [0.717, 1.165) is 11.4 Å². The number of aryl methyl sites for hydroxylation is 2. The molecule has 19 heavy (non-hydrogen) atoms. The van der Waals surface area contributed by atoms with Gasteiger partial charge in [0.2, 0.25) is 5.95 Å². The summed E-state index contributed by atoms with van der Waals surface area (Å²) in [4.78, 5) is 8.92. The predicted octanol–water partition coefficient (Wildman–Crippen LogP) is 3.90. The Morgan fingerprint density at radius 3 is 2.05 bits per heavy atom. The molecule has 1 atom stereocenters. The number of hydrogen-bond donors (Lipinski definition) is 1. The summed E-state index contributed by atoms with van der Waals surface area (Å²) in [5.41, 5.74) is 3.25. The highest BCUT2D eigenvalue weighted by Gasteiger charge is 2.16. The molecule has 1 heterocycles. The average molecular weight is 255 g/mol. The number of nitrogens with zero attached hydrogens (tertiary/aromatic N) is 2. The first-order valence-electron chi connectivity index (χ1n) is 6.70. The van der Waals surface area contributed by atoms with E-state index in [2.05, 4.69) is 53.4 Å². The van der Waals surface area contributed by atoms with Crippen molar-refractivity contribution >= 4 is 5.95 Å². The lowest BCUT2D eigenvalue weighted by Crippen LogP contribution is -2.18. The lowest BCUT2D eigenvalue weighted by Gasteiger charge is -2.23. The molecule has 3 heteroatoms. The molecule has 0 saturated heterocycles. The third-order valence-electron chi connectivity index (χ3n) is 3.09. The first-order chi connectivity index (χ1) is 9.06. The van der Waals surface area contributed by atoms with Gasteiger partial charge in [0.25, 0.3) is 0 Å². The van der Waals surface area contributed by atoms with Crippen molar-refractivity contribution in [3.8, 4) is 0 Å². The number of hydrogen-bond acceptors (Lipinski definition) is 3. The molecule has 0 fully saturated rings. The van der Waals surface area contributed by atoms with Crippen LogP contribution in [0.1, 0.15) is 36.8 Å². The van der Waals surface area contributed by atoms with Gasteiger partial charge < -0.3 is 5.32 Å². The molecule has 2 rings (SSSR count). The molecule has 0 aliphatic rings. The summed E-state index contributed by atoms with van der Waals surface area (Å²) in [6, 6.07) is 12.7. The van der Waals surface area contributed by atoms with E-state index in [-0.39, 0.29) is 6.04 Å². The first-order valence-corrected chi connectivity index (χ1v) is 6.70. The number of rotatable bonds is 4. The SMILES string of the molecule is Cc1cc(C)nc(NC(c2ccccc2)C(C)C)n1. The van der Waals surface area contributed by atoms with Gasteiger partial charge >= 0.3 is 0 Å². The Hall–Kier alpha value is -1.90. The van der Waals surface area contributed by atoms with Gasteiger partial charge in [-0.15, -0.1) is 0 Å². The van der Waals surface area contributed by atoms with Crippen molar-refractivity contribution in [1.82, 2.24) is 9.97 Å². The predicted molar refractivity (Wildman–Crippen MR) is 79.1 cm³/mol. The summed E-state index contributed by atoms with van der Waals surface area (Å²) in [7, 11) is 0. The van der Waals surface area contributed by atoms with E-state index in [1.807, 2.05) is 26.0 Å². The zero-order chi connectivity index (χ0) is 13.8. The molecule has 3 nitrogen and oxygen atoms in total. The van der Waals surface area contributed by atoms with Crippen LogP contribution in [0.15, 0.2) is 36.4 Å². The average Bonchev–Trinajstić information content (AvgIpc) is 2.35. The number of anilines is 1. The van der Waals surface area contributed by atoms with Crippen LogP contribution >= 0.6 is 0 Å². The minimum absolute atomic E-state index is 0.224. The molecular weight excluding hydrogens is 234 g/mol. The molecule has 1 aromatic carbocycles. The number of benzene rings is 1. The highest BCUT2D eigenvalue weighted by atomic mass is 15.1. The summed E-state index contributed by atoms with van der Waals surface area (Å²) >= 11 is 0. The Kier molecular flexibility index (Phi) is 4.15. The maximum atomic E-state index is 4.46. The number of nitrogens with one attached hydrogen (secondary N) is 1. The zero-order valence-electron chi connectivity index (χ0n) is 12.0. The van der Waals surface area contributed by atoms with Crippen molar-refractivity contribution in [3.63, 3.8) is 0 Å². The van der Waals surface area contributed by atoms with Crippen LogP contribution in [0.25, 0.3) is 0 Å². The Balaban J connectivity index is 2.27. The Labute approximate surface area is 115 Å². The largest absolute Gasteiger partial charge is 0.347 e. The molecule has 0 saturated carbocycles. The van der Waals surface area contributed by atoms with Crippen molar-refractivity contribution in [1.29, 1.82) is 0 Å². The normalized spacial score (nSPS) is 12.5. The molecule has 1 unspecified atom stereocenters. The minimum atomic E-state index is 0.224. The summed E-state index contributed by atoms with van der Waals surface area (Å²) in [5.74, 6) is 1.17. The smallest absolute Gasteiger partial charge is 0.223 e. The lowest BCUT2D eigenvalue weighted by molar-refractivity contribution is 0.542. The molecule has 1 N–H and O–H groups in total. The fourth-order valence-corrected chi connectivity index (χ4v) is 2.22. The fraction of sp³-hybridized carbons (Fsp3) is 0.375. The van der Waals surface area contributed by atoms with E-state index in [1.54, 1.807) is 0 Å². The van der Waals surface area contributed by atoms with Gasteiger partial charge in [0, 0.05) is 11.4 Å².